The van der Waals surface area contributed by atoms with E-state index in [4.69, 9.17) is 4.74 Å². The number of esters is 1. The molecule has 0 aliphatic heterocycles. The van der Waals surface area contributed by atoms with E-state index in [0.29, 0.717) is 5.57 Å². The first-order chi connectivity index (χ1) is 10.0. The summed E-state index contributed by atoms with van der Waals surface area (Å²) in [5.41, 5.74) is -0.340. The van der Waals surface area contributed by atoms with Gasteiger partial charge in [0, 0.05) is 25.1 Å². The molecule has 126 valence electrons. The number of carbonyl (C=O) groups is 2. The van der Waals surface area contributed by atoms with Crippen LogP contribution in [0.5, 0.6) is 0 Å². The maximum absolute atomic E-state index is 12.1. The molecule has 0 radical (unpaired) electrons. The average molecular weight is 315 g/mol. The summed E-state index contributed by atoms with van der Waals surface area (Å²) in [6, 6.07) is 0. The monoisotopic (exact) mass is 315 g/mol. The first-order valence-corrected chi connectivity index (χ1v) is 7.14. The lowest BCUT2D eigenvalue weighted by Gasteiger charge is -2.33. The quantitative estimate of drug-likeness (QED) is 0.744. The lowest BCUT2D eigenvalue weighted by molar-refractivity contribution is -0.150. The van der Waals surface area contributed by atoms with Crippen LogP contribution in [-0.4, -0.2) is 65.7 Å². The van der Waals surface area contributed by atoms with Gasteiger partial charge in [-0.3, -0.25) is 0 Å². The molecule has 3 atom stereocenters. The molecular formula is C15H25NO6. The Kier molecular flexibility index (Phi) is 5.96. The van der Waals surface area contributed by atoms with Crippen LogP contribution in [0.15, 0.2) is 11.6 Å². The van der Waals surface area contributed by atoms with E-state index in [-0.39, 0.29) is 13.0 Å². The molecule has 0 saturated heterocycles. The van der Waals surface area contributed by atoms with Crippen LogP contribution in [0.2, 0.25) is 0 Å². The fourth-order valence-electron chi connectivity index (χ4n) is 2.30. The van der Waals surface area contributed by atoms with Gasteiger partial charge in [0.25, 0.3) is 0 Å². The minimum absolute atomic E-state index is 0.158. The summed E-state index contributed by atoms with van der Waals surface area (Å²) >= 11 is 0. The van der Waals surface area contributed by atoms with Crippen LogP contribution in [0.3, 0.4) is 0 Å². The molecule has 1 rings (SSSR count). The number of methoxy groups -OCH3 is 1. The zero-order chi connectivity index (χ0) is 17.1. The fourth-order valence-corrected chi connectivity index (χ4v) is 2.30. The van der Waals surface area contributed by atoms with E-state index in [1.165, 1.54) is 25.1 Å². The molecule has 0 bridgehead atoms. The molecule has 7 heteroatoms. The third-order valence-electron chi connectivity index (χ3n) is 3.34. The van der Waals surface area contributed by atoms with E-state index < -0.39 is 35.8 Å². The Labute approximate surface area is 130 Å². The van der Waals surface area contributed by atoms with Gasteiger partial charge >= 0.3 is 12.1 Å². The lowest BCUT2D eigenvalue weighted by Crippen LogP contribution is -2.44. The Morgan fingerprint density at radius 3 is 2.45 bits per heavy atom. The van der Waals surface area contributed by atoms with Gasteiger partial charge in [-0.25, -0.2) is 9.59 Å². The maximum Gasteiger partial charge on any atom is 0.409 e. The van der Waals surface area contributed by atoms with Gasteiger partial charge in [-0.1, -0.05) is 0 Å². The predicted octanol–water partition coefficient (Wildman–Crippen LogP) is 0.694. The standard InChI is InChI=1S/C15H25NO6/c1-15(2,3)22-13(19)9-6-10(12(18)11(17)7-9)8-16(4)14(20)21-5/h7,10-12,17-18H,6,8H2,1-5H3/t10-,11+,12-/m0/s1. The number of hydrogen-bond acceptors (Lipinski definition) is 6. The second kappa shape index (κ2) is 7.11. The van der Waals surface area contributed by atoms with Crippen LogP contribution in [0.25, 0.3) is 0 Å². The van der Waals surface area contributed by atoms with Crippen LogP contribution in [-0.2, 0) is 14.3 Å². The van der Waals surface area contributed by atoms with Crippen molar-refractivity contribution in [3.63, 3.8) is 0 Å². The Balaban J connectivity index is 2.81. The summed E-state index contributed by atoms with van der Waals surface area (Å²) in [6.45, 7) is 5.41. The fraction of sp³-hybridized carbons (Fsp3) is 0.733. The molecule has 7 nitrogen and oxygen atoms in total. The first-order valence-electron chi connectivity index (χ1n) is 7.14. The number of nitrogens with zero attached hydrogens (tertiary/aromatic N) is 1. The SMILES string of the molecule is COC(=O)N(C)C[C@@H]1CC(C(=O)OC(C)(C)C)=C[C@@H](O)[C@H]1O. The van der Waals surface area contributed by atoms with Crippen LogP contribution in [0, 0.1) is 5.92 Å². The minimum Gasteiger partial charge on any atom is -0.457 e. The first kappa shape index (κ1) is 18.4. The van der Waals surface area contributed by atoms with Crippen molar-refractivity contribution >= 4 is 12.1 Å². The highest BCUT2D eigenvalue weighted by Gasteiger charge is 2.35. The summed E-state index contributed by atoms with van der Waals surface area (Å²) in [7, 11) is 2.79. The van der Waals surface area contributed by atoms with Crippen molar-refractivity contribution in [1.29, 1.82) is 0 Å². The smallest absolute Gasteiger partial charge is 0.409 e. The van der Waals surface area contributed by atoms with E-state index in [1.54, 1.807) is 20.8 Å². The number of aliphatic hydroxyl groups is 2. The molecule has 0 fully saturated rings. The molecule has 1 aliphatic rings. The highest BCUT2D eigenvalue weighted by Crippen LogP contribution is 2.27. The average Bonchev–Trinajstić information content (AvgIpc) is 2.40. The van der Waals surface area contributed by atoms with Gasteiger partial charge in [-0.2, -0.15) is 0 Å². The number of ether oxygens (including phenoxy) is 2. The zero-order valence-electron chi connectivity index (χ0n) is 13.7. The molecule has 0 unspecified atom stereocenters. The molecule has 0 saturated carbocycles. The van der Waals surface area contributed by atoms with Gasteiger partial charge in [0.2, 0.25) is 0 Å². The molecule has 0 aromatic carbocycles. The van der Waals surface area contributed by atoms with E-state index >= 15 is 0 Å². The van der Waals surface area contributed by atoms with Gasteiger partial charge < -0.3 is 24.6 Å². The minimum atomic E-state index is -1.17. The summed E-state index contributed by atoms with van der Waals surface area (Å²) in [4.78, 5) is 24.8. The van der Waals surface area contributed by atoms with Gasteiger partial charge in [-0.05, 0) is 33.3 Å². The molecule has 0 aromatic rings. The third kappa shape index (κ3) is 4.99. The van der Waals surface area contributed by atoms with Crippen molar-refractivity contribution < 1.29 is 29.3 Å². The Hall–Kier alpha value is -1.60. The predicted molar refractivity (Wildman–Crippen MR) is 79.1 cm³/mol. The van der Waals surface area contributed by atoms with Crippen molar-refractivity contribution in [2.75, 3.05) is 20.7 Å². The lowest BCUT2D eigenvalue weighted by atomic mass is 9.84. The second-order valence-electron chi connectivity index (χ2n) is 6.49. The normalized spacial score (nSPS) is 25.2. The van der Waals surface area contributed by atoms with E-state index in [1.807, 2.05) is 0 Å². The highest BCUT2D eigenvalue weighted by atomic mass is 16.6. The molecule has 1 amide bonds. The highest BCUT2D eigenvalue weighted by molar-refractivity contribution is 5.89. The summed E-state index contributed by atoms with van der Waals surface area (Å²) in [5, 5.41) is 20.0. The van der Waals surface area contributed by atoms with Gasteiger partial charge in [0.05, 0.1) is 19.3 Å². The molecule has 2 N–H and O–H groups in total. The third-order valence-corrected chi connectivity index (χ3v) is 3.34. The number of amides is 1. The van der Waals surface area contributed by atoms with Crippen molar-refractivity contribution in [3.05, 3.63) is 11.6 Å². The molecule has 0 aromatic heterocycles. The Morgan fingerprint density at radius 1 is 1.36 bits per heavy atom. The number of aliphatic hydroxyl groups excluding tert-OH is 2. The summed E-state index contributed by atoms with van der Waals surface area (Å²) in [5.74, 6) is -1.00. The Bertz CT molecular complexity index is 453. The van der Waals surface area contributed by atoms with Crippen LogP contribution in [0.1, 0.15) is 27.2 Å². The van der Waals surface area contributed by atoms with Gasteiger partial charge in [0.15, 0.2) is 0 Å². The van der Waals surface area contributed by atoms with Crippen LogP contribution in [0.4, 0.5) is 4.79 Å². The molecule has 0 spiro atoms. The van der Waals surface area contributed by atoms with Crippen LogP contribution >= 0.6 is 0 Å². The second-order valence-corrected chi connectivity index (χ2v) is 6.49. The molecule has 1 aliphatic carbocycles. The van der Waals surface area contributed by atoms with Crippen LogP contribution < -0.4 is 0 Å². The van der Waals surface area contributed by atoms with E-state index in [0.717, 1.165) is 0 Å². The molecule has 0 heterocycles. The van der Waals surface area contributed by atoms with Crippen molar-refractivity contribution in [1.82, 2.24) is 4.90 Å². The summed E-state index contributed by atoms with van der Waals surface area (Å²) < 4.78 is 9.87. The molecular weight excluding hydrogens is 290 g/mol. The molecule has 22 heavy (non-hydrogen) atoms. The van der Waals surface area contributed by atoms with Crippen molar-refractivity contribution in [2.24, 2.45) is 5.92 Å². The number of rotatable bonds is 3. The Morgan fingerprint density at radius 2 is 1.95 bits per heavy atom. The van der Waals surface area contributed by atoms with Gasteiger partial charge in [0.1, 0.15) is 5.60 Å². The van der Waals surface area contributed by atoms with Crippen molar-refractivity contribution in [3.8, 4) is 0 Å². The van der Waals surface area contributed by atoms with E-state index in [2.05, 4.69) is 4.74 Å². The van der Waals surface area contributed by atoms with Gasteiger partial charge in [-0.15, -0.1) is 0 Å². The number of carbonyl (C=O) groups excluding carboxylic acids is 2. The van der Waals surface area contributed by atoms with E-state index in [9.17, 15) is 19.8 Å². The maximum atomic E-state index is 12.1. The topological polar surface area (TPSA) is 96.3 Å². The van der Waals surface area contributed by atoms with Crippen molar-refractivity contribution in [2.45, 2.75) is 45.0 Å². The number of hydrogen-bond donors (Lipinski definition) is 2. The summed E-state index contributed by atoms with van der Waals surface area (Å²) in [6.07, 6.45) is -1.25. The largest absolute Gasteiger partial charge is 0.457 e. The zero-order valence-corrected chi connectivity index (χ0v) is 13.7.